The summed E-state index contributed by atoms with van der Waals surface area (Å²) in [6.07, 6.45) is 0. The molecule has 4 rings (SSSR count). The second-order valence-electron chi connectivity index (χ2n) is 6.16. The van der Waals surface area contributed by atoms with E-state index in [1.165, 1.54) is 4.57 Å². The summed E-state index contributed by atoms with van der Waals surface area (Å²) in [6, 6.07) is 11.8. The second-order valence-corrected chi connectivity index (χ2v) is 6.16. The predicted molar refractivity (Wildman–Crippen MR) is 99.5 cm³/mol. The Balaban J connectivity index is 1.62. The molecular weight excluding hydrogens is 350 g/mol. The van der Waals surface area contributed by atoms with E-state index in [0.717, 1.165) is 4.57 Å². The molecule has 1 amide bonds. The lowest BCUT2D eigenvalue weighted by Crippen LogP contribution is -2.41. The van der Waals surface area contributed by atoms with E-state index in [0.29, 0.717) is 41.3 Å². The lowest BCUT2D eigenvalue weighted by atomic mass is 10.2. The van der Waals surface area contributed by atoms with Crippen LogP contribution in [0.1, 0.15) is 0 Å². The second kappa shape index (κ2) is 6.64. The molecule has 0 bridgehead atoms. The topological polar surface area (TPSA) is 91.6 Å². The predicted octanol–water partition coefficient (Wildman–Crippen LogP) is 1.11. The van der Waals surface area contributed by atoms with Crippen molar-refractivity contribution in [3.8, 4) is 11.5 Å². The number of amides is 1. The molecule has 1 aliphatic rings. The van der Waals surface area contributed by atoms with Crippen LogP contribution in [0.3, 0.4) is 0 Å². The first kappa shape index (κ1) is 16.9. The Morgan fingerprint density at radius 1 is 1.07 bits per heavy atom. The minimum absolute atomic E-state index is 0.381. The average Bonchev–Trinajstić information content (AvgIpc) is 2.69. The van der Waals surface area contributed by atoms with Gasteiger partial charge in [-0.05, 0) is 24.3 Å². The number of para-hydroxylation sites is 1. The monoisotopic (exact) mass is 367 g/mol. The van der Waals surface area contributed by atoms with Crippen molar-refractivity contribution < 1.29 is 14.3 Å². The van der Waals surface area contributed by atoms with Crippen molar-refractivity contribution in [2.45, 2.75) is 6.54 Å². The van der Waals surface area contributed by atoms with Gasteiger partial charge in [-0.15, -0.1) is 0 Å². The zero-order valence-electron chi connectivity index (χ0n) is 14.6. The van der Waals surface area contributed by atoms with Gasteiger partial charge in [-0.3, -0.25) is 18.7 Å². The standard InChI is InChI=1S/C19H17N3O5/c1-21-14-5-3-2-4-13(14)18(24)22(19(21)25)11-17(23)20-12-6-7-15-16(10-12)27-9-8-26-15/h2-7,10H,8-9,11H2,1H3,(H,20,23). The van der Waals surface area contributed by atoms with Gasteiger partial charge in [-0.2, -0.15) is 0 Å². The molecule has 0 spiro atoms. The smallest absolute Gasteiger partial charge is 0.331 e. The summed E-state index contributed by atoms with van der Waals surface area (Å²) in [4.78, 5) is 37.5. The largest absolute Gasteiger partial charge is 0.486 e. The van der Waals surface area contributed by atoms with Crippen LogP contribution >= 0.6 is 0 Å². The van der Waals surface area contributed by atoms with Crippen LogP contribution in [0.4, 0.5) is 5.69 Å². The molecule has 0 saturated heterocycles. The summed E-state index contributed by atoms with van der Waals surface area (Å²) in [6.45, 7) is 0.532. The molecule has 0 atom stereocenters. The maximum atomic E-state index is 12.6. The van der Waals surface area contributed by atoms with Crippen LogP contribution < -0.4 is 26.0 Å². The molecule has 2 heterocycles. The highest BCUT2D eigenvalue weighted by Gasteiger charge is 2.15. The minimum atomic E-state index is -0.545. The first-order valence-corrected chi connectivity index (χ1v) is 8.42. The van der Waals surface area contributed by atoms with Crippen molar-refractivity contribution in [1.29, 1.82) is 0 Å². The highest BCUT2D eigenvalue weighted by Crippen LogP contribution is 2.32. The SMILES string of the molecule is Cn1c(=O)n(CC(=O)Nc2ccc3c(c2)OCCO3)c(=O)c2ccccc21. The molecule has 138 valence electrons. The number of hydrogen-bond acceptors (Lipinski definition) is 5. The number of fused-ring (bicyclic) bond motifs is 2. The third kappa shape index (κ3) is 3.05. The van der Waals surface area contributed by atoms with Crippen LogP contribution in [0.15, 0.2) is 52.1 Å². The summed E-state index contributed by atoms with van der Waals surface area (Å²) in [5.74, 6) is 0.665. The van der Waals surface area contributed by atoms with Crippen molar-refractivity contribution in [1.82, 2.24) is 9.13 Å². The molecular formula is C19H17N3O5. The van der Waals surface area contributed by atoms with Gasteiger partial charge in [0.2, 0.25) is 5.91 Å². The van der Waals surface area contributed by atoms with Crippen LogP contribution in [-0.2, 0) is 18.4 Å². The first-order valence-electron chi connectivity index (χ1n) is 8.42. The maximum Gasteiger partial charge on any atom is 0.331 e. The van der Waals surface area contributed by atoms with Gasteiger partial charge in [0.25, 0.3) is 5.56 Å². The normalized spacial score (nSPS) is 12.8. The Morgan fingerprint density at radius 2 is 1.81 bits per heavy atom. The van der Waals surface area contributed by atoms with E-state index < -0.39 is 17.2 Å². The van der Waals surface area contributed by atoms with Gasteiger partial charge in [-0.25, -0.2) is 4.79 Å². The number of benzene rings is 2. The number of nitrogens with zero attached hydrogens (tertiary/aromatic N) is 2. The molecule has 1 aromatic heterocycles. The van der Waals surface area contributed by atoms with Crippen molar-refractivity contribution in [2.24, 2.45) is 7.05 Å². The van der Waals surface area contributed by atoms with Crippen LogP contribution in [0.2, 0.25) is 0 Å². The zero-order valence-corrected chi connectivity index (χ0v) is 14.6. The van der Waals surface area contributed by atoms with Crippen molar-refractivity contribution >= 4 is 22.5 Å². The number of hydrogen-bond donors (Lipinski definition) is 1. The first-order chi connectivity index (χ1) is 13.0. The van der Waals surface area contributed by atoms with Gasteiger partial charge in [0, 0.05) is 18.8 Å². The molecule has 0 saturated carbocycles. The van der Waals surface area contributed by atoms with E-state index in [1.807, 2.05) is 0 Å². The van der Waals surface area contributed by atoms with E-state index in [-0.39, 0.29) is 6.54 Å². The summed E-state index contributed by atoms with van der Waals surface area (Å²) >= 11 is 0. The molecule has 0 radical (unpaired) electrons. The fourth-order valence-corrected chi connectivity index (χ4v) is 3.07. The number of carbonyl (C=O) groups excluding carboxylic acids is 1. The summed E-state index contributed by atoms with van der Waals surface area (Å²) in [5, 5.41) is 3.06. The Kier molecular flexibility index (Phi) is 4.15. The van der Waals surface area contributed by atoms with E-state index in [1.54, 1.807) is 49.5 Å². The summed E-state index contributed by atoms with van der Waals surface area (Å²) in [7, 11) is 1.57. The van der Waals surface area contributed by atoms with E-state index >= 15 is 0 Å². The molecule has 3 aromatic rings. The molecule has 2 aromatic carbocycles. The highest BCUT2D eigenvalue weighted by atomic mass is 16.6. The Hall–Kier alpha value is -3.55. The quantitative estimate of drug-likeness (QED) is 0.749. The Labute approximate surface area is 153 Å². The molecule has 1 aliphatic heterocycles. The third-order valence-electron chi connectivity index (χ3n) is 4.39. The van der Waals surface area contributed by atoms with Gasteiger partial charge >= 0.3 is 5.69 Å². The molecule has 0 unspecified atom stereocenters. The van der Waals surface area contributed by atoms with Crippen molar-refractivity contribution in [3.05, 3.63) is 63.3 Å². The fourth-order valence-electron chi connectivity index (χ4n) is 3.07. The molecule has 0 aliphatic carbocycles. The van der Waals surface area contributed by atoms with Crippen molar-refractivity contribution in [2.75, 3.05) is 18.5 Å². The highest BCUT2D eigenvalue weighted by molar-refractivity contribution is 5.91. The fraction of sp³-hybridized carbons (Fsp3) is 0.211. The number of rotatable bonds is 3. The van der Waals surface area contributed by atoms with Gasteiger partial charge < -0.3 is 14.8 Å². The number of carbonyl (C=O) groups is 1. The van der Waals surface area contributed by atoms with Gasteiger partial charge in [0.05, 0.1) is 10.9 Å². The van der Waals surface area contributed by atoms with Crippen molar-refractivity contribution in [3.63, 3.8) is 0 Å². The van der Waals surface area contributed by atoms with E-state index in [2.05, 4.69) is 5.32 Å². The summed E-state index contributed by atoms with van der Waals surface area (Å²) < 4.78 is 13.2. The molecule has 1 N–H and O–H groups in total. The summed E-state index contributed by atoms with van der Waals surface area (Å²) in [5.41, 5.74) is -0.0204. The zero-order chi connectivity index (χ0) is 19.0. The van der Waals surface area contributed by atoms with E-state index in [9.17, 15) is 14.4 Å². The Bertz CT molecular complexity index is 1160. The maximum absolute atomic E-state index is 12.6. The van der Waals surface area contributed by atoms with Crippen LogP contribution in [0.25, 0.3) is 10.9 Å². The number of aromatic nitrogens is 2. The number of aryl methyl sites for hydroxylation is 1. The molecule has 8 heteroatoms. The van der Waals surface area contributed by atoms with Gasteiger partial charge in [0.1, 0.15) is 19.8 Å². The van der Waals surface area contributed by atoms with E-state index in [4.69, 9.17) is 9.47 Å². The number of anilines is 1. The van der Waals surface area contributed by atoms with Crippen LogP contribution in [-0.4, -0.2) is 28.3 Å². The van der Waals surface area contributed by atoms with Gasteiger partial charge in [-0.1, -0.05) is 12.1 Å². The molecule has 8 nitrogen and oxygen atoms in total. The third-order valence-corrected chi connectivity index (χ3v) is 4.39. The van der Waals surface area contributed by atoms with Crippen LogP contribution in [0.5, 0.6) is 11.5 Å². The number of nitrogens with one attached hydrogen (secondary N) is 1. The number of ether oxygens (including phenoxy) is 2. The average molecular weight is 367 g/mol. The lowest BCUT2D eigenvalue weighted by molar-refractivity contribution is -0.116. The van der Waals surface area contributed by atoms with Crippen LogP contribution in [0, 0.1) is 0 Å². The lowest BCUT2D eigenvalue weighted by Gasteiger charge is -2.19. The molecule has 0 fully saturated rings. The van der Waals surface area contributed by atoms with Gasteiger partial charge in [0.15, 0.2) is 11.5 Å². The molecule has 27 heavy (non-hydrogen) atoms. The Morgan fingerprint density at radius 3 is 2.63 bits per heavy atom. The minimum Gasteiger partial charge on any atom is -0.486 e.